The Morgan fingerprint density at radius 1 is 1.38 bits per heavy atom. The Morgan fingerprint density at radius 3 is 2.71 bits per heavy atom. The molecular weight excluding hydrogens is 270 g/mol. The van der Waals surface area contributed by atoms with Crippen LogP contribution in [0.5, 0.6) is 5.75 Å². The minimum Gasteiger partial charge on any atom is -0.508 e. The Labute approximate surface area is 123 Å². The lowest BCUT2D eigenvalue weighted by molar-refractivity contribution is -0.386. The van der Waals surface area contributed by atoms with Crippen LogP contribution < -0.4 is 5.32 Å². The number of piperazine rings is 1. The molecule has 1 aliphatic heterocycles. The molecule has 1 saturated carbocycles. The van der Waals surface area contributed by atoms with Gasteiger partial charge in [0.25, 0.3) is 5.69 Å². The Bertz CT molecular complexity index is 525. The molecule has 6 heteroatoms. The molecule has 3 rings (SSSR count). The molecule has 0 radical (unpaired) electrons. The van der Waals surface area contributed by atoms with Crippen LogP contribution in [-0.2, 0) is 0 Å². The van der Waals surface area contributed by atoms with Crippen molar-refractivity contribution in [3.63, 3.8) is 0 Å². The normalized spacial score (nSPS) is 21.1. The van der Waals surface area contributed by atoms with Gasteiger partial charge in [0.1, 0.15) is 5.75 Å². The second-order valence-corrected chi connectivity index (χ2v) is 5.98. The zero-order chi connectivity index (χ0) is 14.8. The summed E-state index contributed by atoms with van der Waals surface area (Å²) in [4.78, 5) is 13.3. The van der Waals surface area contributed by atoms with Crippen LogP contribution in [0.2, 0.25) is 0 Å². The van der Waals surface area contributed by atoms with Crippen LogP contribution in [0.4, 0.5) is 5.69 Å². The standard InChI is InChI=1S/C15H21N3O3/c19-12-3-4-14(18(20)21)13(10-12)15(9-11-1-2-11)17-7-5-16-6-8-17/h3-4,10-11,15-16,19H,1-2,5-9H2/t15-/m0/s1. The molecule has 2 N–H and O–H groups in total. The minimum absolute atomic E-state index is 0.0344. The molecule has 0 aromatic heterocycles. The van der Waals surface area contributed by atoms with Crippen LogP contribution in [-0.4, -0.2) is 41.1 Å². The molecule has 0 amide bonds. The van der Waals surface area contributed by atoms with Crippen molar-refractivity contribution >= 4 is 5.69 Å². The van der Waals surface area contributed by atoms with Crippen molar-refractivity contribution in [1.29, 1.82) is 0 Å². The maximum Gasteiger partial charge on any atom is 0.274 e. The third kappa shape index (κ3) is 3.33. The lowest BCUT2D eigenvalue weighted by Crippen LogP contribution is -2.45. The van der Waals surface area contributed by atoms with E-state index in [9.17, 15) is 15.2 Å². The van der Waals surface area contributed by atoms with E-state index in [1.807, 2.05) is 0 Å². The van der Waals surface area contributed by atoms with E-state index >= 15 is 0 Å². The van der Waals surface area contributed by atoms with E-state index in [1.165, 1.54) is 25.0 Å². The van der Waals surface area contributed by atoms with E-state index in [0.717, 1.165) is 32.6 Å². The molecule has 1 heterocycles. The van der Waals surface area contributed by atoms with Crippen molar-refractivity contribution in [3.05, 3.63) is 33.9 Å². The zero-order valence-corrected chi connectivity index (χ0v) is 12.0. The van der Waals surface area contributed by atoms with E-state index in [2.05, 4.69) is 10.2 Å². The Balaban J connectivity index is 1.93. The zero-order valence-electron chi connectivity index (χ0n) is 12.0. The largest absolute Gasteiger partial charge is 0.508 e. The van der Waals surface area contributed by atoms with E-state index < -0.39 is 0 Å². The van der Waals surface area contributed by atoms with Gasteiger partial charge in [0.05, 0.1) is 10.5 Å². The molecule has 1 saturated heterocycles. The molecule has 114 valence electrons. The third-order valence-electron chi connectivity index (χ3n) is 4.41. The SMILES string of the molecule is O=[N+]([O-])c1ccc(O)cc1[C@H](CC1CC1)N1CCNCC1. The summed E-state index contributed by atoms with van der Waals surface area (Å²) in [6.45, 7) is 3.61. The fraction of sp³-hybridized carbons (Fsp3) is 0.600. The summed E-state index contributed by atoms with van der Waals surface area (Å²) in [5.74, 6) is 0.776. The topological polar surface area (TPSA) is 78.6 Å². The van der Waals surface area contributed by atoms with Crippen molar-refractivity contribution in [2.75, 3.05) is 26.2 Å². The second-order valence-electron chi connectivity index (χ2n) is 5.98. The van der Waals surface area contributed by atoms with Crippen LogP contribution in [0.1, 0.15) is 30.9 Å². The van der Waals surface area contributed by atoms with Gasteiger partial charge in [-0.15, -0.1) is 0 Å². The van der Waals surface area contributed by atoms with Gasteiger partial charge in [0, 0.05) is 38.3 Å². The van der Waals surface area contributed by atoms with Gasteiger partial charge in [-0.05, 0) is 24.5 Å². The molecule has 6 nitrogen and oxygen atoms in total. The molecule has 2 aliphatic rings. The van der Waals surface area contributed by atoms with Gasteiger partial charge in [0.15, 0.2) is 0 Å². The second kappa shape index (κ2) is 5.99. The maximum absolute atomic E-state index is 11.3. The number of hydrogen-bond donors (Lipinski definition) is 2. The van der Waals surface area contributed by atoms with Crippen LogP contribution in [0.25, 0.3) is 0 Å². The maximum atomic E-state index is 11.3. The number of nitro benzene ring substituents is 1. The van der Waals surface area contributed by atoms with Crippen molar-refractivity contribution < 1.29 is 10.0 Å². The molecular formula is C15H21N3O3. The fourth-order valence-corrected chi connectivity index (χ4v) is 3.11. The van der Waals surface area contributed by atoms with E-state index in [1.54, 1.807) is 6.07 Å². The molecule has 0 bridgehead atoms. The third-order valence-corrected chi connectivity index (χ3v) is 4.41. The summed E-state index contributed by atoms with van der Waals surface area (Å²) in [6.07, 6.45) is 3.38. The first-order valence-electron chi connectivity index (χ1n) is 7.57. The molecule has 1 aromatic carbocycles. The van der Waals surface area contributed by atoms with Crippen molar-refractivity contribution in [1.82, 2.24) is 10.2 Å². The smallest absolute Gasteiger partial charge is 0.274 e. The minimum atomic E-state index is -0.336. The molecule has 1 atom stereocenters. The summed E-state index contributed by atoms with van der Waals surface area (Å²) in [5.41, 5.74) is 0.783. The van der Waals surface area contributed by atoms with Gasteiger partial charge < -0.3 is 10.4 Å². The molecule has 0 unspecified atom stereocenters. The van der Waals surface area contributed by atoms with Crippen LogP contribution >= 0.6 is 0 Å². The molecule has 2 fully saturated rings. The number of phenols is 1. The first-order chi connectivity index (χ1) is 10.1. The van der Waals surface area contributed by atoms with E-state index in [0.29, 0.717) is 11.5 Å². The summed E-state index contributed by atoms with van der Waals surface area (Å²) >= 11 is 0. The summed E-state index contributed by atoms with van der Waals surface area (Å²) in [7, 11) is 0. The van der Waals surface area contributed by atoms with Crippen molar-refractivity contribution in [2.45, 2.75) is 25.3 Å². The average molecular weight is 291 g/mol. The van der Waals surface area contributed by atoms with Gasteiger partial charge in [-0.1, -0.05) is 12.8 Å². The fourth-order valence-electron chi connectivity index (χ4n) is 3.11. The van der Waals surface area contributed by atoms with E-state index in [4.69, 9.17) is 0 Å². The molecule has 21 heavy (non-hydrogen) atoms. The number of hydrogen-bond acceptors (Lipinski definition) is 5. The van der Waals surface area contributed by atoms with Gasteiger partial charge in [0.2, 0.25) is 0 Å². The average Bonchev–Trinajstić information content (AvgIpc) is 3.29. The predicted octanol–water partition coefficient (Wildman–Crippen LogP) is 2.05. The Morgan fingerprint density at radius 2 is 2.10 bits per heavy atom. The van der Waals surface area contributed by atoms with Gasteiger partial charge >= 0.3 is 0 Å². The lowest BCUT2D eigenvalue weighted by Gasteiger charge is -2.35. The molecule has 1 aliphatic carbocycles. The predicted molar refractivity (Wildman–Crippen MR) is 79.3 cm³/mol. The summed E-state index contributed by atoms with van der Waals surface area (Å²) in [5, 5.41) is 24.4. The number of nitrogens with zero attached hydrogens (tertiary/aromatic N) is 2. The summed E-state index contributed by atoms with van der Waals surface area (Å²) in [6, 6.07) is 4.43. The Hall–Kier alpha value is -1.66. The first kappa shape index (κ1) is 14.3. The van der Waals surface area contributed by atoms with Gasteiger partial charge in [-0.3, -0.25) is 15.0 Å². The number of nitrogens with one attached hydrogen (secondary N) is 1. The number of benzene rings is 1. The lowest BCUT2D eigenvalue weighted by atomic mass is 9.96. The molecule has 1 aromatic rings. The van der Waals surface area contributed by atoms with Crippen LogP contribution in [0.3, 0.4) is 0 Å². The van der Waals surface area contributed by atoms with Gasteiger partial charge in [-0.2, -0.15) is 0 Å². The van der Waals surface area contributed by atoms with E-state index in [-0.39, 0.29) is 22.4 Å². The van der Waals surface area contributed by atoms with Crippen LogP contribution in [0.15, 0.2) is 18.2 Å². The number of aromatic hydroxyl groups is 1. The van der Waals surface area contributed by atoms with Crippen LogP contribution in [0, 0.1) is 16.0 Å². The summed E-state index contributed by atoms with van der Waals surface area (Å²) < 4.78 is 0. The van der Waals surface area contributed by atoms with Crippen molar-refractivity contribution in [2.24, 2.45) is 5.92 Å². The number of nitro groups is 1. The highest BCUT2D eigenvalue weighted by Gasteiger charge is 2.34. The van der Waals surface area contributed by atoms with Gasteiger partial charge in [-0.25, -0.2) is 0 Å². The Kier molecular flexibility index (Phi) is 4.07. The quantitative estimate of drug-likeness (QED) is 0.641. The highest BCUT2D eigenvalue weighted by atomic mass is 16.6. The highest BCUT2D eigenvalue weighted by Crippen LogP contribution is 2.43. The number of phenolic OH excluding ortho intramolecular Hbond substituents is 1. The molecule has 0 spiro atoms. The number of rotatable bonds is 5. The van der Waals surface area contributed by atoms with Crippen molar-refractivity contribution in [3.8, 4) is 5.75 Å². The highest BCUT2D eigenvalue weighted by molar-refractivity contribution is 5.46. The monoisotopic (exact) mass is 291 g/mol. The first-order valence-corrected chi connectivity index (χ1v) is 7.57.